The maximum absolute atomic E-state index is 13.1. The first-order valence-corrected chi connectivity index (χ1v) is 7.92. The van der Waals surface area contributed by atoms with Crippen molar-refractivity contribution in [3.63, 3.8) is 0 Å². The predicted octanol–water partition coefficient (Wildman–Crippen LogP) is 2.80. The van der Waals surface area contributed by atoms with Gasteiger partial charge in [0.15, 0.2) is 0 Å². The number of nitrogens with zero attached hydrogens (tertiary/aromatic N) is 3. The van der Waals surface area contributed by atoms with Gasteiger partial charge in [-0.05, 0) is 43.5 Å². The van der Waals surface area contributed by atoms with Crippen molar-refractivity contribution in [1.82, 2.24) is 15.1 Å². The number of amides is 1. The van der Waals surface area contributed by atoms with Gasteiger partial charge < -0.3 is 5.32 Å². The molecule has 1 heterocycles. The second-order valence-electron chi connectivity index (χ2n) is 5.69. The number of aryl methyl sites for hydroxylation is 2. The first kappa shape index (κ1) is 17.7. The lowest BCUT2D eigenvalue weighted by Gasteiger charge is -2.06. The molecule has 126 valence electrons. The van der Waals surface area contributed by atoms with Crippen LogP contribution in [-0.4, -0.2) is 15.7 Å². The summed E-state index contributed by atoms with van der Waals surface area (Å²) in [4.78, 5) is 12.0. The molecule has 24 heavy (non-hydrogen) atoms. The van der Waals surface area contributed by atoms with Gasteiger partial charge in [-0.3, -0.25) is 9.48 Å². The number of hydrogen-bond acceptors (Lipinski definition) is 3. The Morgan fingerprint density at radius 3 is 2.92 bits per heavy atom. The summed E-state index contributed by atoms with van der Waals surface area (Å²) in [5.41, 5.74) is 3.68. The largest absolute Gasteiger partial charge is 0.352 e. The summed E-state index contributed by atoms with van der Waals surface area (Å²) in [7, 11) is 0. The number of carbonyl (C=O) groups excluding carboxylic acids is 1. The molecule has 6 heteroatoms. The van der Waals surface area contributed by atoms with Crippen molar-refractivity contribution in [3.8, 4) is 6.07 Å². The Bertz CT molecular complexity index is 761. The molecule has 0 saturated carbocycles. The molecule has 0 aliphatic rings. The van der Waals surface area contributed by atoms with E-state index in [4.69, 9.17) is 5.26 Å². The molecule has 1 N–H and O–H groups in total. The molecule has 0 aliphatic carbocycles. The van der Waals surface area contributed by atoms with Gasteiger partial charge in [0.05, 0.1) is 24.7 Å². The standard InChI is InChI=1S/C18H21FN4O/c1-13-17(14(2)23(22-13)10-4-9-20)7-8-18(24)21-12-15-5-3-6-16(19)11-15/h3,5-6,11H,4,7-8,10,12H2,1-2H3,(H,21,24). The molecule has 0 radical (unpaired) electrons. The molecule has 0 aliphatic heterocycles. The van der Waals surface area contributed by atoms with Crippen molar-refractivity contribution in [2.24, 2.45) is 0 Å². The van der Waals surface area contributed by atoms with Gasteiger partial charge in [0.2, 0.25) is 5.91 Å². The molecule has 0 saturated heterocycles. The summed E-state index contributed by atoms with van der Waals surface area (Å²) in [6.45, 7) is 4.75. The van der Waals surface area contributed by atoms with Crippen LogP contribution in [0.15, 0.2) is 24.3 Å². The van der Waals surface area contributed by atoms with Gasteiger partial charge in [-0.15, -0.1) is 0 Å². The predicted molar refractivity (Wildman–Crippen MR) is 88.5 cm³/mol. The minimum atomic E-state index is -0.308. The van der Waals surface area contributed by atoms with E-state index in [1.54, 1.807) is 12.1 Å². The van der Waals surface area contributed by atoms with E-state index in [-0.39, 0.29) is 11.7 Å². The van der Waals surface area contributed by atoms with Crippen LogP contribution in [0.3, 0.4) is 0 Å². The summed E-state index contributed by atoms with van der Waals surface area (Å²) in [5, 5.41) is 15.9. The molecule has 0 unspecified atom stereocenters. The molecule has 1 aromatic carbocycles. The minimum absolute atomic E-state index is 0.0807. The molecule has 0 atom stereocenters. The van der Waals surface area contributed by atoms with E-state index in [0.717, 1.165) is 22.5 Å². The van der Waals surface area contributed by atoms with E-state index in [1.807, 2.05) is 18.5 Å². The molecule has 1 aromatic heterocycles. The quantitative estimate of drug-likeness (QED) is 0.849. The van der Waals surface area contributed by atoms with Crippen molar-refractivity contribution in [2.45, 2.75) is 46.2 Å². The molecule has 0 spiro atoms. The number of aromatic nitrogens is 2. The van der Waals surface area contributed by atoms with Crippen LogP contribution in [0.2, 0.25) is 0 Å². The molecule has 1 amide bonds. The summed E-state index contributed by atoms with van der Waals surface area (Å²) in [6.07, 6.45) is 1.36. The van der Waals surface area contributed by atoms with Crippen molar-refractivity contribution in [3.05, 3.63) is 52.6 Å². The SMILES string of the molecule is Cc1nn(CCC#N)c(C)c1CCC(=O)NCc1cccc(F)c1. The fraction of sp³-hybridized carbons (Fsp3) is 0.389. The van der Waals surface area contributed by atoms with Gasteiger partial charge in [0.25, 0.3) is 0 Å². The summed E-state index contributed by atoms with van der Waals surface area (Å²) in [5.74, 6) is -0.388. The number of nitriles is 1. The third-order valence-corrected chi connectivity index (χ3v) is 3.95. The van der Waals surface area contributed by atoms with E-state index in [1.165, 1.54) is 12.1 Å². The highest BCUT2D eigenvalue weighted by Crippen LogP contribution is 2.15. The second kappa shape index (κ2) is 8.25. The Morgan fingerprint density at radius 1 is 1.42 bits per heavy atom. The summed E-state index contributed by atoms with van der Waals surface area (Å²) < 4.78 is 14.9. The Kier molecular flexibility index (Phi) is 6.07. The summed E-state index contributed by atoms with van der Waals surface area (Å²) >= 11 is 0. The number of nitrogens with one attached hydrogen (secondary N) is 1. The Balaban J connectivity index is 1.87. The van der Waals surface area contributed by atoms with Gasteiger partial charge in [-0.1, -0.05) is 12.1 Å². The van der Waals surface area contributed by atoms with E-state index < -0.39 is 0 Å². The van der Waals surface area contributed by atoms with Crippen molar-refractivity contribution >= 4 is 5.91 Å². The molecule has 2 aromatic rings. The zero-order valence-corrected chi connectivity index (χ0v) is 14.0. The van der Waals surface area contributed by atoms with Crippen molar-refractivity contribution in [1.29, 1.82) is 5.26 Å². The van der Waals surface area contributed by atoms with Crippen molar-refractivity contribution in [2.75, 3.05) is 0 Å². The number of hydrogen-bond donors (Lipinski definition) is 1. The number of carbonyl (C=O) groups is 1. The fourth-order valence-electron chi connectivity index (χ4n) is 2.64. The van der Waals surface area contributed by atoms with Gasteiger partial charge in [0.1, 0.15) is 5.82 Å². The average Bonchev–Trinajstić information content (AvgIpc) is 2.83. The third kappa shape index (κ3) is 4.66. The number of halogens is 1. The van der Waals surface area contributed by atoms with Gasteiger partial charge in [-0.2, -0.15) is 10.4 Å². The molecular formula is C18H21FN4O. The number of rotatable bonds is 7. The van der Waals surface area contributed by atoms with Gasteiger partial charge in [0, 0.05) is 18.7 Å². The molecule has 2 rings (SSSR count). The highest BCUT2D eigenvalue weighted by atomic mass is 19.1. The smallest absolute Gasteiger partial charge is 0.220 e. The van der Waals surface area contributed by atoms with Crippen LogP contribution in [0.4, 0.5) is 4.39 Å². The first-order chi connectivity index (χ1) is 11.5. The van der Waals surface area contributed by atoms with Gasteiger partial charge in [-0.25, -0.2) is 4.39 Å². The Morgan fingerprint density at radius 2 is 2.21 bits per heavy atom. The fourth-order valence-corrected chi connectivity index (χ4v) is 2.64. The number of benzene rings is 1. The molecule has 5 nitrogen and oxygen atoms in total. The van der Waals surface area contributed by atoms with Crippen LogP contribution in [0.1, 0.15) is 35.4 Å². The van der Waals surface area contributed by atoms with Crippen LogP contribution in [0, 0.1) is 31.0 Å². The molecular weight excluding hydrogens is 307 g/mol. The van der Waals surface area contributed by atoms with E-state index in [2.05, 4.69) is 16.5 Å². The highest BCUT2D eigenvalue weighted by molar-refractivity contribution is 5.76. The molecule has 0 bridgehead atoms. The van der Waals surface area contributed by atoms with Crippen LogP contribution in [0.25, 0.3) is 0 Å². The van der Waals surface area contributed by atoms with E-state index in [0.29, 0.717) is 32.4 Å². The normalized spacial score (nSPS) is 10.4. The van der Waals surface area contributed by atoms with Crippen LogP contribution in [0.5, 0.6) is 0 Å². The zero-order valence-electron chi connectivity index (χ0n) is 14.0. The second-order valence-corrected chi connectivity index (χ2v) is 5.69. The average molecular weight is 328 g/mol. The monoisotopic (exact) mass is 328 g/mol. The topological polar surface area (TPSA) is 70.7 Å². The summed E-state index contributed by atoms with van der Waals surface area (Å²) in [6, 6.07) is 8.29. The Labute approximate surface area is 141 Å². The van der Waals surface area contributed by atoms with Crippen molar-refractivity contribution < 1.29 is 9.18 Å². The first-order valence-electron chi connectivity index (χ1n) is 7.92. The third-order valence-electron chi connectivity index (χ3n) is 3.95. The van der Waals surface area contributed by atoms with Crippen LogP contribution < -0.4 is 5.32 Å². The zero-order chi connectivity index (χ0) is 17.5. The Hall–Kier alpha value is -2.68. The van der Waals surface area contributed by atoms with E-state index >= 15 is 0 Å². The van der Waals surface area contributed by atoms with Gasteiger partial charge >= 0.3 is 0 Å². The minimum Gasteiger partial charge on any atom is -0.352 e. The lowest BCUT2D eigenvalue weighted by atomic mass is 10.1. The van der Waals surface area contributed by atoms with Crippen LogP contribution >= 0.6 is 0 Å². The lowest BCUT2D eigenvalue weighted by molar-refractivity contribution is -0.121. The maximum Gasteiger partial charge on any atom is 0.220 e. The highest BCUT2D eigenvalue weighted by Gasteiger charge is 2.13. The molecule has 0 fully saturated rings. The van der Waals surface area contributed by atoms with Crippen LogP contribution in [-0.2, 0) is 24.3 Å². The van der Waals surface area contributed by atoms with E-state index in [9.17, 15) is 9.18 Å². The maximum atomic E-state index is 13.1. The lowest BCUT2D eigenvalue weighted by Crippen LogP contribution is -2.23.